The van der Waals surface area contributed by atoms with Crippen LogP contribution in [-0.2, 0) is 16.4 Å². The SMILES string of the molecule is C[C@@H]1Cc2cc(-c3csc(N4CCCC4)n3)ccc2N1S(C)(=O)=O. The van der Waals surface area contributed by atoms with Gasteiger partial charge in [0.15, 0.2) is 5.13 Å². The minimum Gasteiger partial charge on any atom is -0.348 e. The van der Waals surface area contributed by atoms with Crippen molar-refractivity contribution in [3.8, 4) is 11.3 Å². The summed E-state index contributed by atoms with van der Waals surface area (Å²) < 4.78 is 25.6. The maximum absolute atomic E-state index is 12.0. The van der Waals surface area contributed by atoms with Crippen molar-refractivity contribution in [2.45, 2.75) is 32.2 Å². The first-order valence-electron chi connectivity index (χ1n) is 8.26. The van der Waals surface area contributed by atoms with Crippen molar-refractivity contribution in [1.29, 1.82) is 0 Å². The second-order valence-corrected chi connectivity index (χ2v) is 9.36. The smallest absolute Gasteiger partial charge is 0.232 e. The van der Waals surface area contributed by atoms with Crippen molar-refractivity contribution in [2.24, 2.45) is 0 Å². The van der Waals surface area contributed by atoms with Crippen LogP contribution in [0.1, 0.15) is 25.3 Å². The van der Waals surface area contributed by atoms with E-state index in [1.54, 1.807) is 11.3 Å². The zero-order valence-corrected chi connectivity index (χ0v) is 15.5. The number of anilines is 2. The molecule has 1 aromatic heterocycles. The topological polar surface area (TPSA) is 53.5 Å². The summed E-state index contributed by atoms with van der Waals surface area (Å²) in [7, 11) is -3.24. The van der Waals surface area contributed by atoms with Crippen molar-refractivity contribution >= 4 is 32.2 Å². The van der Waals surface area contributed by atoms with Crippen LogP contribution in [-0.4, -0.2) is 38.8 Å². The van der Waals surface area contributed by atoms with Crippen molar-refractivity contribution < 1.29 is 8.42 Å². The van der Waals surface area contributed by atoms with Crippen LogP contribution in [0.4, 0.5) is 10.8 Å². The Morgan fingerprint density at radius 3 is 2.71 bits per heavy atom. The summed E-state index contributed by atoms with van der Waals surface area (Å²) in [6.07, 6.45) is 4.51. The van der Waals surface area contributed by atoms with Gasteiger partial charge in [-0.2, -0.15) is 0 Å². The molecule has 1 saturated heterocycles. The molecule has 1 atom stereocenters. The molecule has 0 spiro atoms. The first-order chi connectivity index (χ1) is 11.4. The monoisotopic (exact) mass is 363 g/mol. The molecule has 2 aromatic rings. The predicted octanol–water partition coefficient (Wildman–Crippen LogP) is 3.12. The molecule has 0 saturated carbocycles. The van der Waals surface area contributed by atoms with Crippen LogP contribution >= 0.6 is 11.3 Å². The largest absolute Gasteiger partial charge is 0.348 e. The van der Waals surface area contributed by atoms with Crippen LogP contribution in [0, 0.1) is 0 Å². The van der Waals surface area contributed by atoms with Gasteiger partial charge in [0.2, 0.25) is 10.0 Å². The first-order valence-corrected chi connectivity index (χ1v) is 11.0. The zero-order chi connectivity index (χ0) is 16.9. The summed E-state index contributed by atoms with van der Waals surface area (Å²) in [4.78, 5) is 7.13. The molecule has 1 aromatic carbocycles. The molecule has 128 valence electrons. The number of nitrogens with zero attached hydrogens (tertiary/aromatic N) is 3. The number of aromatic nitrogens is 1. The molecular formula is C17H21N3O2S2. The van der Waals surface area contributed by atoms with Crippen molar-refractivity contribution in [3.05, 3.63) is 29.1 Å². The third kappa shape index (κ3) is 2.69. The van der Waals surface area contributed by atoms with E-state index in [9.17, 15) is 8.42 Å². The molecular weight excluding hydrogens is 342 g/mol. The highest BCUT2D eigenvalue weighted by molar-refractivity contribution is 7.92. The van der Waals surface area contributed by atoms with Gasteiger partial charge < -0.3 is 4.90 Å². The molecule has 2 aliphatic heterocycles. The lowest BCUT2D eigenvalue weighted by molar-refractivity contribution is 0.590. The minimum absolute atomic E-state index is 0.0270. The van der Waals surface area contributed by atoms with Crippen LogP contribution in [0.15, 0.2) is 23.6 Å². The number of rotatable bonds is 3. The Labute approximate surface area is 147 Å². The Morgan fingerprint density at radius 2 is 2.00 bits per heavy atom. The quantitative estimate of drug-likeness (QED) is 0.841. The molecule has 0 aliphatic carbocycles. The van der Waals surface area contributed by atoms with Gasteiger partial charge in [0, 0.05) is 30.1 Å². The number of sulfonamides is 1. The molecule has 1 fully saturated rings. The predicted molar refractivity (Wildman–Crippen MR) is 99.5 cm³/mol. The molecule has 24 heavy (non-hydrogen) atoms. The van der Waals surface area contributed by atoms with Crippen LogP contribution < -0.4 is 9.21 Å². The molecule has 0 amide bonds. The van der Waals surface area contributed by atoms with Gasteiger partial charge in [-0.1, -0.05) is 6.07 Å². The second-order valence-electron chi connectivity index (χ2n) is 6.66. The number of fused-ring (bicyclic) bond motifs is 1. The Balaban J connectivity index is 1.66. The van der Waals surface area contributed by atoms with Crippen molar-refractivity contribution in [3.63, 3.8) is 0 Å². The molecule has 5 nitrogen and oxygen atoms in total. The van der Waals surface area contributed by atoms with Crippen LogP contribution in [0.2, 0.25) is 0 Å². The summed E-state index contributed by atoms with van der Waals surface area (Å²) in [5.74, 6) is 0. The highest BCUT2D eigenvalue weighted by atomic mass is 32.2. The van der Waals surface area contributed by atoms with Crippen LogP contribution in [0.3, 0.4) is 0 Å². The van der Waals surface area contributed by atoms with Crippen LogP contribution in [0.25, 0.3) is 11.3 Å². The highest BCUT2D eigenvalue weighted by Crippen LogP contribution is 2.37. The van der Waals surface area contributed by atoms with Gasteiger partial charge in [-0.3, -0.25) is 4.31 Å². The van der Waals surface area contributed by atoms with Gasteiger partial charge in [0.1, 0.15) is 0 Å². The summed E-state index contributed by atoms with van der Waals surface area (Å²) >= 11 is 1.69. The summed E-state index contributed by atoms with van der Waals surface area (Å²) in [6.45, 7) is 4.14. The fourth-order valence-electron chi connectivity index (χ4n) is 3.72. The van der Waals surface area contributed by atoms with Gasteiger partial charge >= 0.3 is 0 Å². The van der Waals surface area contributed by atoms with E-state index >= 15 is 0 Å². The Kier molecular flexibility index (Phi) is 3.80. The van der Waals surface area contributed by atoms with Crippen molar-refractivity contribution in [1.82, 2.24) is 4.98 Å². The highest BCUT2D eigenvalue weighted by Gasteiger charge is 2.32. The molecule has 2 aliphatic rings. The first kappa shape index (κ1) is 15.9. The lowest BCUT2D eigenvalue weighted by atomic mass is 10.1. The van der Waals surface area contributed by atoms with Gasteiger partial charge in [-0.25, -0.2) is 13.4 Å². The van der Waals surface area contributed by atoms with E-state index < -0.39 is 10.0 Å². The van der Waals surface area contributed by atoms with E-state index in [-0.39, 0.29) is 6.04 Å². The van der Waals surface area contributed by atoms with Crippen LogP contribution in [0.5, 0.6) is 0 Å². The van der Waals surface area contributed by atoms with Gasteiger partial charge in [-0.05, 0) is 43.9 Å². The third-order valence-electron chi connectivity index (χ3n) is 4.75. The van der Waals surface area contributed by atoms with Gasteiger partial charge in [-0.15, -0.1) is 11.3 Å². The molecule has 0 radical (unpaired) electrons. The van der Waals surface area contributed by atoms with E-state index in [0.29, 0.717) is 0 Å². The fraction of sp³-hybridized carbons (Fsp3) is 0.471. The lowest BCUT2D eigenvalue weighted by Gasteiger charge is -2.21. The number of hydrogen-bond donors (Lipinski definition) is 0. The molecule has 0 bridgehead atoms. The Bertz CT molecular complexity index is 870. The minimum atomic E-state index is -3.24. The fourth-order valence-corrected chi connectivity index (χ4v) is 5.87. The number of hydrogen-bond acceptors (Lipinski definition) is 5. The average molecular weight is 364 g/mol. The standard InChI is InChI=1S/C17H21N3O2S2/c1-12-9-14-10-13(5-6-16(14)20(12)24(2,21)22)15-11-23-17(18-15)19-7-3-4-8-19/h5-6,10-12H,3-4,7-9H2,1-2H3/t12-/m1/s1. The molecule has 4 rings (SSSR count). The summed E-state index contributed by atoms with van der Waals surface area (Å²) in [6, 6.07) is 5.97. The van der Waals surface area contributed by atoms with Gasteiger partial charge in [0.05, 0.1) is 17.6 Å². The van der Waals surface area contributed by atoms with E-state index in [1.807, 2.05) is 19.1 Å². The third-order valence-corrected chi connectivity index (χ3v) is 6.93. The maximum atomic E-state index is 12.0. The van der Waals surface area contributed by atoms with E-state index in [1.165, 1.54) is 23.4 Å². The van der Waals surface area contributed by atoms with Crippen molar-refractivity contribution in [2.75, 3.05) is 28.6 Å². The van der Waals surface area contributed by atoms with E-state index in [0.717, 1.165) is 47.2 Å². The maximum Gasteiger partial charge on any atom is 0.232 e. The molecule has 3 heterocycles. The molecule has 0 unspecified atom stereocenters. The second kappa shape index (κ2) is 5.74. The average Bonchev–Trinajstić information content (AvgIpc) is 3.23. The Morgan fingerprint density at radius 1 is 1.25 bits per heavy atom. The number of thiazole rings is 1. The van der Waals surface area contributed by atoms with E-state index in [4.69, 9.17) is 4.98 Å². The Hall–Kier alpha value is -1.60. The van der Waals surface area contributed by atoms with Gasteiger partial charge in [0.25, 0.3) is 0 Å². The normalized spacial score (nSPS) is 20.7. The lowest BCUT2D eigenvalue weighted by Crippen LogP contribution is -2.34. The van der Waals surface area contributed by atoms with E-state index in [2.05, 4.69) is 16.3 Å². The summed E-state index contributed by atoms with van der Waals surface area (Å²) in [5.41, 5.74) is 3.94. The number of benzene rings is 1. The molecule has 7 heteroatoms. The molecule has 0 N–H and O–H groups in total. The zero-order valence-electron chi connectivity index (χ0n) is 13.9. The summed E-state index contributed by atoms with van der Waals surface area (Å²) in [5, 5.41) is 3.19.